The van der Waals surface area contributed by atoms with Gasteiger partial charge >= 0.3 is 0 Å². The Bertz CT molecular complexity index is 1120. The van der Waals surface area contributed by atoms with Crippen LogP contribution in [0, 0.1) is 38.8 Å². The largest absolute Gasteiger partial charge is 0.358 e. The molecule has 1 saturated heterocycles. The fourth-order valence-corrected chi connectivity index (χ4v) is 3.77. The first kappa shape index (κ1) is 26.8. The number of rotatable bonds is 7. The molecule has 1 amide bonds. The number of hydrogen-bond acceptors (Lipinski definition) is 4. The SMILES string of the molecule is C=C(C)N1CCN(C(=O)CC(CCc2c[nH]c3c(F)c(F)c(F)c(F)c23)[N+](=O)[O-])CC1=N.CC. The molecule has 3 rings (SSSR count). The second-order valence-corrected chi connectivity index (χ2v) is 7.65. The summed E-state index contributed by atoms with van der Waals surface area (Å²) < 4.78 is 55.0. The zero-order valence-electron chi connectivity index (χ0n) is 19.2. The van der Waals surface area contributed by atoms with Gasteiger partial charge in [0.05, 0.1) is 18.5 Å². The van der Waals surface area contributed by atoms with Crippen molar-refractivity contribution < 1.29 is 27.3 Å². The minimum absolute atomic E-state index is 0.00605. The number of nitro groups is 1. The highest BCUT2D eigenvalue weighted by Gasteiger charge is 2.31. The number of aromatic amines is 1. The van der Waals surface area contributed by atoms with Crippen LogP contribution in [0.5, 0.6) is 0 Å². The number of amidine groups is 1. The van der Waals surface area contributed by atoms with Crippen molar-refractivity contribution in [3.8, 4) is 0 Å². The number of allylic oxidation sites excluding steroid dienone is 1. The predicted molar refractivity (Wildman–Crippen MR) is 119 cm³/mol. The van der Waals surface area contributed by atoms with Gasteiger partial charge in [-0.1, -0.05) is 20.4 Å². The van der Waals surface area contributed by atoms with Gasteiger partial charge in [-0.05, 0) is 18.9 Å². The minimum Gasteiger partial charge on any atom is -0.358 e. The molecular weight excluding hydrogens is 458 g/mol. The number of aryl methyl sites for hydroxylation is 1. The summed E-state index contributed by atoms with van der Waals surface area (Å²) in [5.74, 6) is -7.44. The quantitative estimate of drug-likeness (QED) is 0.200. The normalized spacial score (nSPS) is 14.6. The number of nitrogens with zero attached hydrogens (tertiary/aromatic N) is 3. The van der Waals surface area contributed by atoms with E-state index in [1.807, 2.05) is 13.8 Å². The van der Waals surface area contributed by atoms with Crippen LogP contribution in [-0.2, 0) is 11.2 Å². The number of aromatic nitrogens is 1. The van der Waals surface area contributed by atoms with Crippen LogP contribution in [0.1, 0.15) is 39.2 Å². The number of nitrogens with one attached hydrogen (secondary N) is 2. The first-order valence-corrected chi connectivity index (χ1v) is 10.8. The van der Waals surface area contributed by atoms with Crippen LogP contribution in [0.4, 0.5) is 17.6 Å². The van der Waals surface area contributed by atoms with E-state index in [0.29, 0.717) is 12.2 Å². The van der Waals surface area contributed by atoms with Crippen LogP contribution in [0.2, 0.25) is 0 Å². The molecule has 1 aliphatic rings. The van der Waals surface area contributed by atoms with Gasteiger partial charge in [0.15, 0.2) is 23.3 Å². The molecule has 1 atom stereocenters. The first-order valence-electron chi connectivity index (χ1n) is 10.8. The van der Waals surface area contributed by atoms with Crippen LogP contribution < -0.4 is 0 Å². The molecule has 8 nitrogen and oxygen atoms in total. The molecule has 1 fully saturated rings. The van der Waals surface area contributed by atoms with Gasteiger partial charge in [-0.25, -0.2) is 17.6 Å². The fraction of sp³-hybridized carbons (Fsp3) is 0.455. The van der Waals surface area contributed by atoms with Gasteiger partial charge in [0.2, 0.25) is 11.9 Å². The summed E-state index contributed by atoms with van der Waals surface area (Å²) in [6.45, 7) is 10.1. The van der Waals surface area contributed by atoms with Crippen molar-refractivity contribution in [3.63, 3.8) is 0 Å². The maximum atomic E-state index is 14.2. The second kappa shape index (κ2) is 11.1. The van der Waals surface area contributed by atoms with Crippen LogP contribution in [0.25, 0.3) is 10.9 Å². The van der Waals surface area contributed by atoms with Gasteiger partial charge in [0.1, 0.15) is 5.84 Å². The van der Waals surface area contributed by atoms with Gasteiger partial charge < -0.3 is 14.8 Å². The molecule has 0 aliphatic carbocycles. The van der Waals surface area contributed by atoms with Crippen LogP contribution in [-0.4, -0.2) is 57.1 Å². The van der Waals surface area contributed by atoms with Crippen molar-refractivity contribution in [2.75, 3.05) is 19.6 Å². The number of fused-ring (bicyclic) bond motifs is 1. The Morgan fingerprint density at radius 3 is 2.38 bits per heavy atom. The van der Waals surface area contributed by atoms with Crippen molar-refractivity contribution in [3.05, 3.63) is 57.4 Å². The van der Waals surface area contributed by atoms with Crippen LogP contribution >= 0.6 is 0 Å². The lowest BCUT2D eigenvalue weighted by molar-refractivity contribution is -0.522. The smallest absolute Gasteiger partial charge is 0.229 e. The third-order valence-corrected chi connectivity index (χ3v) is 5.51. The highest BCUT2D eigenvalue weighted by Crippen LogP contribution is 2.30. The molecule has 2 aromatic rings. The fourth-order valence-electron chi connectivity index (χ4n) is 3.77. The average Bonchev–Trinajstić information content (AvgIpc) is 3.23. The van der Waals surface area contributed by atoms with E-state index in [1.54, 1.807) is 11.8 Å². The molecule has 1 aromatic heterocycles. The maximum absolute atomic E-state index is 14.2. The predicted octanol–water partition coefficient (Wildman–Crippen LogP) is 4.37. The molecular formula is C22H27F4N5O3. The first-order chi connectivity index (χ1) is 16.0. The number of piperazine rings is 1. The van der Waals surface area contributed by atoms with Crippen LogP contribution in [0.3, 0.4) is 0 Å². The summed E-state index contributed by atoms with van der Waals surface area (Å²) in [5.41, 5.74) is 0.120. The van der Waals surface area contributed by atoms with E-state index in [-0.39, 0.29) is 37.3 Å². The highest BCUT2D eigenvalue weighted by atomic mass is 19.2. The summed E-state index contributed by atoms with van der Waals surface area (Å²) in [7, 11) is 0. The van der Waals surface area contributed by atoms with Gasteiger partial charge in [-0.15, -0.1) is 0 Å². The highest BCUT2D eigenvalue weighted by molar-refractivity contribution is 5.89. The summed E-state index contributed by atoms with van der Waals surface area (Å²) in [5, 5.41) is 19.0. The molecule has 1 unspecified atom stereocenters. The molecule has 0 saturated carbocycles. The topological polar surface area (TPSA) is 106 Å². The zero-order chi connectivity index (χ0) is 25.7. The Hall–Kier alpha value is -3.44. The molecule has 12 heteroatoms. The Morgan fingerprint density at radius 2 is 1.82 bits per heavy atom. The van der Waals surface area contributed by atoms with E-state index >= 15 is 0 Å². The number of hydrogen-bond donors (Lipinski definition) is 2. The standard InChI is InChI=1S/C20H21F4N5O3.C2H6/c1-10(2)28-6-5-27(9-13(28)25)14(30)7-12(29(31)32)4-3-11-8-26-20-15(11)16(21)17(22)18(23)19(20)24;1-2/h8,12,25-26H,1,3-7,9H2,2H3;1-2H3. The Balaban J connectivity index is 0.00000199. The van der Waals surface area contributed by atoms with E-state index in [1.165, 1.54) is 4.90 Å². The van der Waals surface area contributed by atoms with Gasteiger partial charge in [0.25, 0.3) is 0 Å². The van der Waals surface area contributed by atoms with Gasteiger partial charge in [0, 0.05) is 41.7 Å². The third-order valence-electron chi connectivity index (χ3n) is 5.51. The third kappa shape index (κ3) is 5.37. The summed E-state index contributed by atoms with van der Waals surface area (Å²) in [4.78, 5) is 28.7. The van der Waals surface area contributed by atoms with Gasteiger partial charge in [-0.3, -0.25) is 20.3 Å². The molecule has 1 aromatic carbocycles. The maximum Gasteiger partial charge on any atom is 0.229 e. The molecule has 34 heavy (non-hydrogen) atoms. The van der Waals surface area contributed by atoms with E-state index in [0.717, 1.165) is 6.20 Å². The van der Waals surface area contributed by atoms with Crippen molar-refractivity contribution in [2.24, 2.45) is 0 Å². The van der Waals surface area contributed by atoms with E-state index in [9.17, 15) is 32.5 Å². The number of halogens is 4. The lowest BCUT2D eigenvalue weighted by Gasteiger charge is -2.36. The van der Waals surface area contributed by atoms with Crippen molar-refractivity contribution >= 4 is 22.6 Å². The number of H-pyrrole nitrogens is 1. The minimum atomic E-state index is -1.96. The summed E-state index contributed by atoms with van der Waals surface area (Å²) >= 11 is 0. The van der Waals surface area contributed by atoms with Crippen molar-refractivity contribution in [1.82, 2.24) is 14.8 Å². The zero-order valence-corrected chi connectivity index (χ0v) is 19.2. The molecule has 186 valence electrons. The Kier molecular flexibility index (Phi) is 8.77. The van der Waals surface area contributed by atoms with E-state index < -0.39 is 57.5 Å². The van der Waals surface area contributed by atoms with Gasteiger partial charge in [-0.2, -0.15) is 0 Å². The number of amides is 1. The Morgan fingerprint density at radius 1 is 1.21 bits per heavy atom. The number of carbonyl (C=O) groups excluding carboxylic acids is 1. The number of carbonyl (C=O) groups is 1. The Labute approximate surface area is 193 Å². The summed E-state index contributed by atoms with van der Waals surface area (Å²) in [6, 6.07) is -1.33. The lowest BCUT2D eigenvalue weighted by Crippen LogP contribution is -2.51. The average molecular weight is 485 g/mol. The van der Waals surface area contributed by atoms with E-state index in [4.69, 9.17) is 5.41 Å². The molecule has 0 radical (unpaired) electrons. The number of benzene rings is 1. The van der Waals surface area contributed by atoms with Crippen molar-refractivity contribution in [1.29, 1.82) is 5.41 Å². The molecule has 2 heterocycles. The lowest BCUT2D eigenvalue weighted by atomic mass is 10.0. The molecule has 0 bridgehead atoms. The summed E-state index contributed by atoms with van der Waals surface area (Å²) in [6.07, 6.45) is 0.302. The van der Waals surface area contributed by atoms with E-state index in [2.05, 4.69) is 11.6 Å². The monoisotopic (exact) mass is 485 g/mol. The van der Waals surface area contributed by atoms with Crippen LogP contribution in [0.15, 0.2) is 18.5 Å². The second-order valence-electron chi connectivity index (χ2n) is 7.65. The van der Waals surface area contributed by atoms with Crippen molar-refractivity contribution in [2.45, 2.75) is 46.1 Å². The molecule has 0 spiro atoms. The molecule has 1 aliphatic heterocycles. The molecule has 2 N–H and O–H groups in total.